The van der Waals surface area contributed by atoms with Crippen molar-refractivity contribution in [3.05, 3.63) is 28.2 Å². The molecule has 1 N–H and O–H groups in total. The van der Waals surface area contributed by atoms with Crippen LogP contribution in [0, 0.1) is 0 Å². The number of rotatable bonds is 4. The van der Waals surface area contributed by atoms with Gasteiger partial charge in [0, 0.05) is 49.3 Å². The van der Waals surface area contributed by atoms with Gasteiger partial charge in [0.05, 0.1) is 0 Å². The largest absolute Gasteiger partial charge is 0.368 e. The van der Waals surface area contributed by atoms with Crippen molar-refractivity contribution in [3.63, 3.8) is 0 Å². The van der Waals surface area contributed by atoms with Gasteiger partial charge in [0.15, 0.2) is 0 Å². The molecule has 116 valence electrons. The standard InChI is InChI=1S/C16H24BrN3O/c1-4-18-12(2)15-11-14(17)5-6-16(15)20-9-7-19(8-10-20)13(3)21/h5-6,11-12,18H,4,7-10H2,1-3H3. The molecule has 0 bridgehead atoms. The van der Waals surface area contributed by atoms with Crippen molar-refractivity contribution in [1.29, 1.82) is 0 Å². The number of nitrogens with one attached hydrogen (secondary N) is 1. The molecular formula is C16H24BrN3O. The Morgan fingerprint density at radius 2 is 2.00 bits per heavy atom. The molecule has 1 heterocycles. The molecule has 1 amide bonds. The van der Waals surface area contributed by atoms with E-state index >= 15 is 0 Å². The summed E-state index contributed by atoms with van der Waals surface area (Å²) in [7, 11) is 0. The zero-order valence-corrected chi connectivity index (χ0v) is 14.6. The number of hydrogen-bond donors (Lipinski definition) is 1. The Bertz CT molecular complexity index is 498. The Labute approximate surface area is 135 Å². The lowest BCUT2D eigenvalue weighted by atomic mass is 10.0. The van der Waals surface area contributed by atoms with Gasteiger partial charge in [0.2, 0.25) is 5.91 Å². The molecule has 2 rings (SSSR count). The van der Waals surface area contributed by atoms with Gasteiger partial charge in [0.25, 0.3) is 0 Å². The first kappa shape index (κ1) is 16.3. The van der Waals surface area contributed by atoms with E-state index in [1.54, 1.807) is 6.92 Å². The molecule has 0 radical (unpaired) electrons. The van der Waals surface area contributed by atoms with Crippen LogP contribution in [0.25, 0.3) is 0 Å². The van der Waals surface area contributed by atoms with Gasteiger partial charge in [-0.25, -0.2) is 0 Å². The predicted molar refractivity (Wildman–Crippen MR) is 90.7 cm³/mol. The molecular weight excluding hydrogens is 330 g/mol. The first-order valence-electron chi connectivity index (χ1n) is 7.56. The van der Waals surface area contributed by atoms with E-state index in [4.69, 9.17) is 0 Å². The molecule has 1 atom stereocenters. The van der Waals surface area contributed by atoms with Gasteiger partial charge >= 0.3 is 0 Å². The monoisotopic (exact) mass is 353 g/mol. The van der Waals surface area contributed by atoms with Crippen LogP contribution in [0.4, 0.5) is 5.69 Å². The van der Waals surface area contributed by atoms with Crippen LogP contribution < -0.4 is 10.2 Å². The number of carbonyl (C=O) groups is 1. The minimum Gasteiger partial charge on any atom is -0.368 e. The highest BCUT2D eigenvalue weighted by Crippen LogP contribution is 2.30. The van der Waals surface area contributed by atoms with Gasteiger partial charge in [-0.3, -0.25) is 4.79 Å². The van der Waals surface area contributed by atoms with Crippen LogP contribution in [0.1, 0.15) is 32.4 Å². The number of anilines is 1. The topological polar surface area (TPSA) is 35.6 Å². The molecule has 1 aliphatic heterocycles. The smallest absolute Gasteiger partial charge is 0.219 e. The van der Waals surface area contributed by atoms with Crippen molar-refractivity contribution >= 4 is 27.5 Å². The second-order valence-corrected chi connectivity index (χ2v) is 6.39. The number of amides is 1. The molecule has 0 saturated carbocycles. The summed E-state index contributed by atoms with van der Waals surface area (Å²) in [5.41, 5.74) is 2.58. The molecule has 1 saturated heterocycles. The molecule has 0 aliphatic carbocycles. The molecule has 4 nitrogen and oxygen atoms in total. The van der Waals surface area contributed by atoms with Crippen molar-refractivity contribution < 1.29 is 4.79 Å². The Morgan fingerprint density at radius 1 is 1.33 bits per heavy atom. The molecule has 5 heteroatoms. The van der Waals surface area contributed by atoms with Crippen LogP contribution in [0.3, 0.4) is 0 Å². The normalized spacial score (nSPS) is 17.0. The highest BCUT2D eigenvalue weighted by atomic mass is 79.9. The quantitative estimate of drug-likeness (QED) is 0.903. The fourth-order valence-electron chi connectivity index (χ4n) is 2.84. The maximum absolute atomic E-state index is 11.4. The van der Waals surface area contributed by atoms with Crippen LogP contribution in [-0.4, -0.2) is 43.5 Å². The minimum absolute atomic E-state index is 0.173. The summed E-state index contributed by atoms with van der Waals surface area (Å²) in [6.45, 7) is 10.3. The Kier molecular flexibility index (Phi) is 5.65. The van der Waals surface area contributed by atoms with Crippen molar-refractivity contribution in [3.8, 4) is 0 Å². The zero-order valence-electron chi connectivity index (χ0n) is 13.0. The minimum atomic E-state index is 0.173. The summed E-state index contributed by atoms with van der Waals surface area (Å²) >= 11 is 3.57. The lowest BCUT2D eigenvalue weighted by Gasteiger charge is -2.37. The van der Waals surface area contributed by atoms with E-state index in [1.165, 1.54) is 11.3 Å². The molecule has 1 aromatic carbocycles. The van der Waals surface area contributed by atoms with Gasteiger partial charge in [0.1, 0.15) is 0 Å². The van der Waals surface area contributed by atoms with Crippen LogP contribution in [0.15, 0.2) is 22.7 Å². The average molecular weight is 354 g/mol. The summed E-state index contributed by atoms with van der Waals surface area (Å²) in [5.74, 6) is 0.173. The van der Waals surface area contributed by atoms with E-state index in [0.717, 1.165) is 37.2 Å². The van der Waals surface area contributed by atoms with E-state index in [1.807, 2.05) is 4.90 Å². The number of nitrogens with zero attached hydrogens (tertiary/aromatic N) is 2. The molecule has 1 unspecified atom stereocenters. The summed E-state index contributed by atoms with van der Waals surface area (Å²) in [4.78, 5) is 15.7. The van der Waals surface area contributed by atoms with Gasteiger partial charge in [-0.15, -0.1) is 0 Å². The number of benzene rings is 1. The molecule has 0 aromatic heterocycles. The number of carbonyl (C=O) groups excluding carboxylic acids is 1. The number of piperazine rings is 1. The molecule has 1 fully saturated rings. The Morgan fingerprint density at radius 3 is 2.57 bits per heavy atom. The Hall–Kier alpha value is -1.07. The van der Waals surface area contributed by atoms with Crippen molar-refractivity contribution in [2.75, 3.05) is 37.6 Å². The number of halogens is 1. The van der Waals surface area contributed by atoms with Crippen molar-refractivity contribution in [2.24, 2.45) is 0 Å². The summed E-state index contributed by atoms with van der Waals surface area (Å²) < 4.78 is 1.10. The zero-order chi connectivity index (χ0) is 15.4. The van der Waals surface area contributed by atoms with Crippen LogP contribution in [-0.2, 0) is 4.79 Å². The van der Waals surface area contributed by atoms with E-state index in [-0.39, 0.29) is 5.91 Å². The second kappa shape index (κ2) is 7.27. The maximum atomic E-state index is 11.4. The highest BCUT2D eigenvalue weighted by Gasteiger charge is 2.22. The molecule has 21 heavy (non-hydrogen) atoms. The maximum Gasteiger partial charge on any atom is 0.219 e. The van der Waals surface area contributed by atoms with Gasteiger partial charge in [-0.1, -0.05) is 22.9 Å². The van der Waals surface area contributed by atoms with E-state index in [2.05, 4.69) is 58.2 Å². The third kappa shape index (κ3) is 3.98. The first-order valence-corrected chi connectivity index (χ1v) is 8.35. The first-order chi connectivity index (χ1) is 10.0. The molecule has 1 aliphatic rings. The Balaban J connectivity index is 2.18. The molecule has 0 spiro atoms. The summed E-state index contributed by atoms with van der Waals surface area (Å²) in [6, 6.07) is 6.78. The SMILES string of the molecule is CCNC(C)c1cc(Br)ccc1N1CCN(C(C)=O)CC1. The highest BCUT2D eigenvalue weighted by molar-refractivity contribution is 9.10. The van der Waals surface area contributed by atoms with Crippen LogP contribution in [0.5, 0.6) is 0 Å². The van der Waals surface area contributed by atoms with Crippen molar-refractivity contribution in [2.45, 2.75) is 26.8 Å². The van der Waals surface area contributed by atoms with E-state index in [9.17, 15) is 4.79 Å². The number of hydrogen-bond acceptors (Lipinski definition) is 3. The van der Waals surface area contributed by atoms with Gasteiger partial charge in [-0.2, -0.15) is 0 Å². The van der Waals surface area contributed by atoms with Gasteiger partial charge < -0.3 is 15.1 Å². The lowest BCUT2D eigenvalue weighted by molar-refractivity contribution is -0.129. The molecule has 1 aromatic rings. The summed E-state index contributed by atoms with van der Waals surface area (Å²) in [5, 5.41) is 3.48. The second-order valence-electron chi connectivity index (χ2n) is 5.48. The van der Waals surface area contributed by atoms with Gasteiger partial charge in [-0.05, 0) is 37.2 Å². The predicted octanol–water partition coefficient (Wildman–Crippen LogP) is 2.79. The van der Waals surface area contributed by atoms with E-state index in [0.29, 0.717) is 6.04 Å². The fourth-order valence-corrected chi connectivity index (χ4v) is 3.22. The average Bonchev–Trinajstić information content (AvgIpc) is 2.47. The van der Waals surface area contributed by atoms with Crippen molar-refractivity contribution in [1.82, 2.24) is 10.2 Å². The lowest BCUT2D eigenvalue weighted by Crippen LogP contribution is -2.48. The summed E-state index contributed by atoms with van der Waals surface area (Å²) in [6.07, 6.45) is 0. The van der Waals surface area contributed by atoms with E-state index < -0.39 is 0 Å². The third-order valence-corrected chi connectivity index (χ3v) is 4.53. The fraction of sp³-hybridized carbons (Fsp3) is 0.562. The van der Waals surface area contributed by atoms with Crippen LogP contribution >= 0.6 is 15.9 Å². The van der Waals surface area contributed by atoms with Crippen LogP contribution in [0.2, 0.25) is 0 Å². The third-order valence-electron chi connectivity index (χ3n) is 4.03.